The van der Waals surface area contributed by atoms with Crippen molar-refractivity contribution < 1.29 is 20.1 Å². The van der Waals surface area contributed by atoms with Gasteiger partial charge in [0.05, 0.1) is 0 Å². The van der Waals surface area contributed by atoms with Crippen molar-refractivity contribution in [3.8, 4) is 11.5 Å². The number of carbonyl (C=O) groups is 1. The smallest absolute Gasteiger partial charge is 0.327 e. The van der Waals surface area contributed by atoms with Gasteiger partial charge in [0.25, 0.3) is 0 Å². The summed E-state index contributed by atoms with van der Waals surface area (Å²) in [5.74, 6) is -0.435. The SMILES string of the molecule is C=CC(=O)O.CC(C)(c1ccc(O)cc1)c1ccc(O)cc1. The van der Waals surface area contributed by atoms with Gasteiger partial charge in [0.15, 0.2) is 0 Å². The van der Waals surface area contributed by atoms with Gasteiger partial charge in [-0.05, 0) is 35.4 Å². The van der Waals surface area contributed by atoms with Crippen LogP contribution in [0.1, 0.15) is 25.0 Å². The van der Waals surface area contributed by atoms with E-state index in [9.17, 15) is 15.0 Å². The number of hydrogen-bond acceptors (Lipinski definition) is 3. The number of phenols is 2. The molecule has 116 valence electrons. The fourth-order valence-electron chi connectivity index (χ4n) is 1.92. The zero-order chi connectivity index (χ0) is 16.8. The van der Waals surface area contributed by atoms with E-state index in [4.69, 9.17) is 5.11 Å². The summed E-state index contributed by atoms with van der Waals surface area (Å²) in [6.07, 6.45) is 0.833. The third-order valence-electron chi connectivity index (χ3n) is 3.35. The standard InChI is InChI=1S/C15H16O2.C3H4O2/c1-15(2,11-3-7-13(16)8-4-11)12-5-9-14(17)10-6-12;1-2-3(4)5/h3-10,16-17H,1-2H3;2H,1H2,(H,4,5). The number of hydrogen-bond donors (Lipinski definition) is 3. The maximum atomic E-state index is 9.30. The Morgan fingerprint density at radius 2 is 1.18 bits per heavy atom. The molecule has 4 nitrogen and oxygen atoms in total. The second-order valence-electron chi connectivity index (χ2n) is 5.26. The summed E-state index contributed by atoms with van der Waals surface area (Å²) in [7, 11) is 0. The summed E-state index contributed by atoms with van der Waals surface area (Å²) in [6, 6.07) is 14.4. The zero-order valence-electron chi connectivity index (χ0n) is 12.7. The second-order valence-corrected chi connectivity index (χ2v) is 5.26. The van der Waals surface area contributed by atoms with E-state index in [0.717, 1.165) is 17.2 Å². The van der Waals surface area contributed by atoms with Crippen LogP contribution in [0.15, 0.2) is 61.2 Å². The van der Waals surface area contributed by atoms with Crippen molar-refractivity contribution in [1.82, 2.24) is 0 Å². The highest BCUT2D eigenvalue weighted by molar-refractivity contribution is 5.78. The van der Waals surface area contributed by atoms with Crippen molar-refractivity contribution in [2.24, 2.45) is 0 Å². The van der Waals surface area contributed by atoms with Crippen LogP contribution in [0.4, 0.5) is 0 Å². The molecule has 0 radical (unpaired) electrons. The van der Waals surface area contributed by atoms with E-state index >= 15 is 0 Å². The second kappa shape index (κ2) is 7.31. The number of benzene rings is 2. The van der Waals surface area contributed by atoms with Crippen LogP contribution in [-0.2, 0) is 10.2 Å². The van der Waals surface area contributed by atoms with Crippen LogP contribution < -0.4 is 0 Å². The molecular formula is C18H20O4. The Morgan fingerprint density at radius 3 is 1.41 bits per heavy atom. The normalized spacial score (nSPS) is 10.3. The topological polar surface area (TPSA) is 77.8 Å². The van der Waals surface area contributed by atoms with E-state index < -0.39 is 5.97 Å². The molecule has 0 unspecified atom stereocenters. The maximum absolute atomic E-state index is 9.30. The van der Waals surface area contributed by atoms with Crippen molar-refractivity contribution in [1.29, 1.82) is 0 Å². The highest BCUT2D eigenvalue weighted by Gasteiger charge is 2.22. The van der Waals surface area contributed by atoms with Crippen LogP contribution in [0.2, 0.25) is 0 Å². The molecule has 22 heavy (non-hydrogen) atoms. The highest BCUT2D eigenvalue weighted by atomic mass is 16.4. The molecule has 0 atom stereocenters. The molecule has 2 rings (SSSR count). The van der Waals surface area contributed by atoms with Crippen LogP contribution >= 0.6 is 0 Å². The van der Waals surface area contributed by atoms with Gasteiger partial charge in [-0.15, -0.1) is 0 Å². The molecule has 0 spiro atoms. The van der Waals surface area contributed by atoms with Gasteiger partial charge in [0.1, 0.15) is 11.5 Å². The molecule has 0 saturated carbocycles. The zero-order valence-corrected chi connectivity index (χ0v) is 12.7. The fraction of sp³-hybridized carbons (Fsp3) is 0.167. The van der Waals surface area contributed by atoms with Crippen molar-refractivity contribution >= 4 is 5.97 Å². The molecule has 0 fully saturated rings. The number of aromatic hydroxyl groups is 2. The first-order valence-corrected chi connectivity index (χ1v) is 6.71. The number of rotatable bonds is 3. The quantitative estimate of drug-likeness (QED) is 0.756. The first kappa shape index (κ1) is 17.3. The summed E-state index contributed by atoms with van der Waals surface area (Å²) >= 11 is 0. The molecule has 3 N–H and O–H groups in total. The lowest BCUT2D eigenvalue weighted by molar-refractivity contribution is -0.131. The molecule has 0 heterocycles. The van der Waals surface area contributed by atoms with Crippen LogP contribution in [0.3, 0.4) is 0 Å². The Labute approximate surface area is 130 Å². The van der Waals surface area contributed by atoms with Crippen LogP contribution in [0, 0.1) is 0 Å². The molecule has 0 aliphatic carbocycles. The third-order valence-corrected chi connectivity index (χ3v) is 3.35. The lowest BCUT2D eigenvalue weighted by Gasteiger charge is -2.26. The molecule has 0 bridgehead atoms. The van der Waals surface area contributed by atoms with Gasteiger partial charge in [-0.2, -0.15) is 0 Å². The summed E-state index contributed by atoms with van der Waals surface area (Å²) in [6.45, 7) is 7.19. The van der Waals surface area contributed by atoms with Gasteiger partial charge in [0.2, 0.25) is 0 Å². The predicted octanol–water partition coefficient (Wildman–Crippen LogP) is 3.68. The molecule has 0 amide bonds. The van der Waals surface area contributed by atoms with E-state index in [-0.39, 0.29) is 16.9 Å². The van der Waals surface area contributed by atoms with Gasteiger partial charge in [-0.3, -0.25) is 0 Å². The van der Waals surface area contributed by atoms with Crippen LogP contribution in [0.5, 0.6) is 11.5 Å². The molecule has 4 heteroatoms. The van der Waals surface area contributed by atoms with Gasteiger partial charge in [-0.25, -0.2) is 4.79 Å². The van der Waals surface area contributed by atoms with Gasteiger partial charge in [0, 0.05) is 11.5 Å². The highest BCUT2D eigenvalue weighted by Crippen LogP contribution is 2.32. The predicted molar refractivity (Wildman–Crippen MR) is 86.2 cm³/mol. The van der Waals surface area contributed by atoms with Gasteiger partial charge >= 0.3 is 5.97 Å². The Kier molecular flexibility index (Phi) is 5.75. The number of phenolic OH excluding ortho intramolecular Hbond substituents is 2. The van der Waals surface area contributed by atoms with E-state index in [1.807, 2.05) is 24.3 Å². The summed E-state index contributed by atoms with van der Waals surface area (Å²) in [5.41, 5.74) is 2.10. The van der Waals surface area contributed by atoms with E-state index in [1.54, 1.807) is 24.3 Å². The Bertz CT molecular complexity index is 578. The lowest BCUT2D eigenvalue weighted by atomic mass is 9.78. The summed E-state index contributed by atoms with van der Waals surface area (Å²) in [4.78, 5) is 9.25. The van der Waals surface area contributed by atoms with E-state index in [0.29, 0.717) is 0 Å². The molecule has 0 aliphatic heterocycles. The minimum absolute atomic E-state index is 0.151. The van der Waals surface area contributed by atoms with Crippen LogP contribution in [-0.4, -0.2) is 21.3 Å². The van der Waals surface area contributed by atoms with Crippen molar-refractivity contribution in [3.63, 3.8) is 0 Å². The van der Waals surface area contributed by atoms with E-state index in [2.05, 4.69) is 20.4 Å². The summed E-state index contributed by atoms with van der Waals surface area (Å²) < 4.78 is 0. The van der Waals surface area contributed by atoms with Crippen molar-refractivity contribution in [3.05, 3.63) is 72.3 Å². The average Bonchev–Trinajstić information content (AvgIpc) is 2.48. The maximum Gasteiger partial charge on any atom is 0.327 e. The molecule has 0 saturated heterocycles. The monoisotopic (exact) mass is 300 g/mol. The molecule has 2 aromatic carbocycles. The molecule has 0 aromatic heterocycles. The number of carboxylic acid groups (broad SMARTS) is 1. The molecular weight excluding hydrogens is 280 g/mol. The average molecular weight is 300 g/mol. The Balaban J connectivity index is 0.000000422. The third kappa shape index (κ3) is 4.66. The first-order chi connectivity index (χ1) is 10.3. The fourth-order valence-corrected chi connectivity index (χ4v) is 1.92. The van der Waals surface area contributed by atoms with Gasteiger partial charge < -0.3 is 15.3 Å². The lowest BCUT2D eigenvalue weighted by Crippen LogP contribution is -2.18. The van der Waals surface area contributed by atoms with Gasteiger partial charge in [-0.1, -0.05) is 44.7 Å². The molecule has 0 aliphatic rings. The Hall–Kier alpha value is -2.75. The van der Waals surface area contributed by atoms with Crippen molar-refractivity contribution in [2.75, 3.05) is 0 Å². The Morgan fingerprint density at radius 1 is 0.909 bits per heavy atom. The minimum atomic E-state index is -0.981. The van der Waals surface area contributed by atoms with Crippen molar-refractivity contribution in [2.45, 2.75) is 19.3 Å². The first-order valence-electron chi connectivity index (χ1n) is 6.71. The number of carboxylic acids is 1. The number of aliphatic carboxylic acids is 1. The molecule has 2 aromatic rings. The minimum Gasteiger partial charge on any atom is -0.508 e. The van der Waals surface area contributed by atoms with E-state index in [1.165, 1.54) is 0 Å². The largest absolute Gasteiger partial charge is 0.508 e. The summed E-state index contributed by atoms with van der Waals surface area (Å²) in [5, 5.41) is 26.2. The van der Waals surface area contributed by atoms with Crippen LogP contribution in [0.25, 0.3) is 0 Å².